The van der Waals surface area contributed by atoms with Crippen molar-refractivity contribution in [3.63, 3.8) is 0 Å². The maximum Gasteiger partial charge on any atom is 0.0462 e. The molecular formula is C61H46N2. The van der Waals surface area contributed by atoms with Gasteiger partial charge in [-0.05, 0) is 135 Å². The standard InChI is InChI=1S/C61H46N2/c1-5-14-46(15-6-1)53-33-40-59(41-34-53)62(56-19-9-3-10-20-56)58-23-13-18-48(32-39-58)49-24-26-50(27-25-49)51-28-30-52(31-29-51)55-37-44-61(45-38-55)63(57-21-11-4-12-22-57)60-42-35-54(36-43-60)47-16-7-2-8-17-47/h1-17,19-45H,18H2. The van der Waals surface area contributed by atoms with Gasteiger partial charge in [-0.3, -0.25) is 0 Å². The minimum absolute atomic E-state index is 0.853. The van der Waals surface area contributed by atoms with Crippen LogP contribution in [0.2, 0.25) is 0 Å². The largest absolute Gasteiger partial charge is 0.311 e. The molecule has 0 saturated carbocycles. The topological polar surface area (TPSA) is 6.48 Å². The molecule has 9 aromatic carbocycles. The van der Waals surface area contributed by atoms with Crippen LogP contribution in [0.3, 0.4) is 0 Å². The summed E-state index contributed by atoms with van der Waals surface area (Å²) in [7, 11) is 0. The van der Waals surface area contributed by atoms with Crippen molar-refractivity contribution in [3.8, 4) is 44.5 Å². The number of benzene rings is 9. The number of anilines is 5. The second kappa shape index (κ2) is 18.2. The molecule has 0 fully saturated rings. The van der Waals surface area contributed by atoms with Gasteiger partial charge in [-0.15, -0.1) is 0 Å². The molecule has 9 aromatic rings. The number of nitrogens with zero attached hydrogens (tertiary/aromatic N) is 2. The molecule has 10 rings (SSSR count). The van der Waals surface area contributed by atoms with E-state index in [0.717, 1.165) is 40.6 Å². The predicted octanol–water partition coefficient (Wildman–Crippen LogP) is 16.9. The summed E-state index contributed by atoms with van der Waals surface area (Å²) in [6, 6.07) is 86.8. The van der Waals surface area contributed by atoms with Gasteiger partial charge >= 0.3 is 0 Å². The third-order valence-electron chi connectivity index (χ3n) is 11.8. The van der Waals surface area contributed by atoms with Gasteiger partial charge < -0.3 is 9.80 Å². The highest BCUT2D eigenvalue weighted by Gasteiger charge is 2.16. The number of para-hydroxylation sites is 2. The lowest BCUT2D eigenvalue weighted by molar-refractivity contribution is 1.21. The Morgan fingerprint density at radius 1 is 0.238 bits per heavy atom. The molecule has 0 unspecified atom stereocenters. The van der Waals surface area contributed by atoms with Crippen molar-refractivity contribution >= 4 is 34.0 Å². The predicted molar refractivity (Wildman–Crippen MR) is 268 cm³/mol. The van der Waals surface area contributed by atoms with Gasteiger partial charge in [-0.25, -0.2) is 0 Å². The van der Waals surface area contributed by atoms with Crippen molar-refractivity contribution in [3.05, 3.63) is 278 Å². The van der Waals surface area contributed by atoms with Crippen molar-refractivity contribution in [2.75, 3.05) is 9.80 Å². The maximum atomic E-state index is 2.33. The van der Waals surface area contributed by atoms with Crippen molar-refractivity contribution in [2.24, 2.45) is 0 Å². The SMILES string of the molecule is C1=CC(N(c2ccccc2)c2ccc(-c3ccccc3)cc2)=CC=C(c2ccc(-c3ccc(-c4ccc(N(c5ccccc5)c5ccc(-c6ccccc6)cc5)cc4)cc3)cc2)C1. The summed E-state index contributed by atoms with van der Waals surface area (Å²) in [4.78, 5) is 4.64. The molecule has 0 saturated heterocycles. The fourth-order valence-electron chi connectivity index (χ4n) is 8.43. The minimum atomic E-state index is 0.853. The van der Waals surface area contributed by atoms with Gasteiger partial charge in [0, 0.05) is 34.1 Å². The maximum absolute atomic E-state index is 2.33. The number of hydrogen-bond donors (Lipinski definition) is 0. The lowest BCUT2D eigenvalue weighted by Crippen LogP contribution is -2.14. The van der Waals surface area contributed by atoms with Gasteiger partial charge in [0.1, 0.15) is 0 Å². The Labute approximate surface area is 371 Å². The number of hydrogen-bond acceptors (Lipinski definition) is 2. The second-order valence-corrected chi connectivity index (χ2v) is 15.8. The molecule has 0 heterocycles. The van der Waals surface area contributed by atoms with Crippen LogP contribution in [-0.2, 0) is 0 Å². The molecule has 0 radical (unpaired) electrons. The molecule has 2 heteroatoms. The zero-order valence-corrected chi connectivity index (χ0v) is 35.0. The summed E-state index contributed by atoms with van der Waals surface area (Å²) in [5.74, 6) is 0. The Bertz CT molecular complexity index is 2990. The van der Waals surface area contributed by atoms with Crippen molar-refractivity contribution in [1.29, 1.82) is 0 Å². The molecule has 63 heavy (non-hydrogen) atoms. The first-order chi connectivity index (χ1) is 31.2. The van der Waals surface area contributed by atoms with Crippen LogP contribution >= 0.6 is 0 Å². The van der Waals surface area contributed by atoms with Gasteiger partial charge in [-0.1, -0.05) is 194 Å². The lowest BCUT2D eigenvalue weighted by atomic mass is 9.97. The van der Waals surface area contributed by atoms with E-state index in [9.17, 15) is 0 Å². The van der Waals surface area contributed by atoms with E-state index in [1.165, 1.54) is 55.6 Å². The van der Waals surface area contributed by atoms with E-state index >= 15 is 0 Å². The summed E-state index contributed by atoms with van der Waals surface area (Å²) in [6.07, 6.45) is 9.90. The quantitative estimate of drug-likeness (QED) is 0.128. The van der Waals surface area contributed by atoms with E-state index < -0.39 is 0 Å². The van der Waals surface area contributed by atoms with E-state index in [-0.39, 0.29) is 0 Å². The molecule has 0 amide bonds. The molecule has 2 nitrogen and oxygen atoms in total. The lowest BCUT2D eigenvalue weighted by Gasteiger charge is -2.26. The molecule has 0 aromatic heterocycles. The fourth-order valence-corrected chi connectivity index (χ4v) is 8.43. The van der Waals surface area contributed by atoms with Crippen LogP contribution in [-0.4, -0.2) is 0 Å². The highest BCUT2D eigenvalue weighted by atomic mass is 15.1. The molecule has 0 aliphatic heterocycles. The van der Waals surface area contributed by atoms with Gasteiger partial charge in [0.05, 0.1) is 0 Å². The van der Waals surface area contributed by atoms with E-state index in [2.05, 4.69) is 277 Å². The monoisotopic (exact) mass is 806 g/mol. The normalized spacial score (nSPS) is 12.2. The summed E-state index contributed by atoms with van der Waals surface area (Å²) >= 11 is 0. The third kappa shape index (κ3) is 8.70. The first kappa shape index (κ1) is 39.0. The molecule has 1 aliphatic carbocycles. The summed E-state index contributed by atoms with van der Waals surface area (Å²) in [6.45, 7) is 0. The average Bonchev–Trinajstić information content (AvgIpc) is 3.62. The van der Waals surface area contributed by atoms with Gasteiger partial charge in [0.2, 0.25) is 0 Å². The molecule has 0 atom stereocenters. The van der Waals surface area contributed by atoms with Gasteiger partial charge in [0.25, 0.3) is 0 Å². The molecule has 0 spiro atoms. The van der Waals surface area contributed by atoms with Crippen molar-refractivity contribution in [1.82, 2.24) is 0 Å². The molecule has 300 valence electrons. The molecule has 0 N–H and O–H groups in total. The highest BCUT2D eigenvalue weighted by Crippen LogP contribution is 2.38. The summed E-state index contributed by atoms with van der Waals surface area (Å²) in [5, 5.41) is 0. The zero-order chi connectivity index (χ0) is 42.2. The minimum Gasteiger partial charge on any atom is -0.311 e. The van der Waals surface area contributed by atoms with Crippen LogP contribution in [0, 0.1) is 0 Å². The number of rotatable bonds is 11. The summed E-state index contributed by atoms with van der Waals surface area (Å²) in [5.41, 5.74) is 18.9. The van der Waals surface area contributed by atoms with Crippen LogP contribution in [0.25, 0.3) is 50.1 Å². The Morgan fingerprint density at radius 3 is 0.921 bits per heavy atom. The van der Waals surface area contributed by atoms with Crippen LogP contribution in [0.15, 0.2) is 273 Å². The Balaban J connectivity index is 0.851. The molecular weight excluding hydrogens is 761 g/mol. The Hall–Kier alpha value is -8.20. The average molecular weight is 807 g/mol. The van der Waals surface area contributed by atoms with Gasteiger partial charge in [0.15, 0.2) is 0 Å². The van der Waals surface area contributed by atoms with Crippen LogP contribution in [0.5, 0.6) is 0 Å². The highest BCUT2D eigenvalue weighted by molar-refractivity contribution is 5.81. The molecule has 0 bridgehead atoms. The zero-order valence-electron chi connectivity index (χ0n) is 35.0. The fraction of sp³-hybridized carbons (Fsp3) is 0.0164. The van der Waals surface area contributed by atoms with Crippen LogP contribution in [0.4, 0.5) is 28.4 Å². The van der Waals surface area contributed by atoms with Crippen molar-refractivity contribution in [2.45, 2.75) is 6.42 Å². The molecule has 1 aliphatic rings. The Morgan fingerprint density at radius 2 is 0.524 bits per heavy atom. The van der Waals surface area contributed by atoms with E-state index in [4.69, 9.17) is 0 Å². The number of allylic oxidation sites excluding steroid dienone is 5. The third-order valence-corrected chi connectivity index (χ3v) is 11.8. The first-order valence-electron chi connectivity index (χ1n) is 21.6. The van der Waals surface area contributed by atoms with E-state index in [1.54, 1.807) is 0 Å². The van der Waals surface area contributed by atoms with Crippen molar-refractivity contribution < 1.29 is 0 Å². The Kier molecular flexibility index (Phi) is 11.3. The second-order valence-electron chi connectivity index (χ2n) is 15.8. The van der Waals surface area contributed by atoms with Crippen LogP contribution < -0.4 is 9.80 Å². The smallest absolute Gasteiger partial charge is 0.0462 e. The first-order valence-corrected chi connectivity index (χ1v) is 21.6. The van der Waals surface area contributed by atoms with E-state index in [1.807, 2.05) is 0 Å². The van der Waals surface area contributed by atoms with Crippen LogP contribution in [0.1, 0.15) is 12.0 Å². The van der Waals surface area contributed by atoms with Gasteiger partial charge in [-0.2, -0.15) is 0 Å². The van der Waals surface area contributed by atoms with E-state index in [0.29, 0.717) is 0 Å². The summed E-state index contributed by atoms with van der Waals surface area (Å²) < 4.78 is 0.